The SMILES string of the molecule is CN(c1ccccc1)S(=O)(=O)c1cccc(C(=O)N2CCCCC2CNS(C)(=O)=O)c1. The molecule has 1 amide bonds. The third-order valence-corrected chi connectivity index (χ3v) is 7.80. The second-order valence-electron chi connectivity index (χ2n) is 7.60. The number of nitrogens with one attached hydrogen (secondary N) is 1. The van der Waals surface area contributed by atoms with E-state index < -0.39 is 20.0 Å². The van der Waals surface area contributed by atoms with Gasteiger partial charge in [-0.2, -0.15) is 0 Å². The van der Waals surface area contributed by atoms with Crippen LogP contribution in [0.15, 0.2) is 59.5 Å². The first-order valence-corrected chi connectivity index (χ1v) is 13.3. The van der Waals surface area contributed by atoms with Crippen molar-refractivity contribution in [1.29, 1.82) is 0 Å². The number of rotatable bonds is 7. The Labute approximate surface area is 184 Å². The van der Waals surface area contributed by atoms with Crippen LogP contribution in [0.5, 0.6) is 0 Å². The molecule has 0 aromatic heterocycles. The number of hydrogen-bond donors (Lipinski definition) is 1. The summed E-state index contributed by atoms with van der Waals surface area (Å²) in [6.45, 7) is 0.634. The Morgan fingerprint density at radius 1 is 1.06 bits per heavy atom. The number of anilines is 1. The molecule has 31 heavy (non-hydrogen) atoms. The Hall–Kier alpha value is -2.43. The number of nitrogens with zero attached hydrogens (tertiary/aromatic N) is 2. The van der Waals surface area contributed by atoms with Gasteiger partial charge in [0, 0.05) is 31.7 Å². The van der Waals surface area contributed by atoms with E-state index in [2.05, 4.69) is 4.72 Å². The van der Waals surface area contributed by atoms with Crippen LogP contribution in [-0.4, -0.2) is 60.1 Å². The van der Waals surface area contributed by atoms with Crippen molar-refractivity contribution in [2.75, 3.05) is 30.7 Å². The number of para-hydroxylation sites is 1. The van der Waals surface area contributed by atoms with Crippen LogP contribution in [0.4, 0.5) is 5.69 Å². The number of hydrogen-bond acceptors (Lipinski definition) is 5. The summed E-state index contributed by atoms with van der Waals surface area (Å²) in [6.07, 6.45) is 3.48. The van der Waals surface area contributed by atoms with Gasteiger partial charge in [0.1, 0.15) is 0 Å². The number of sulfonamides is 2. The van der Waals surface area contributed by atoms with Gasteiger partial charge < -0.3 is 4.90 Å². The minimum atomic E-state index is -3.85. The Kier molecular flexibility index (Phi) is 7.03. The summed E-state index contributed by atoms with van der Waals surface area (Å²) in [5, 5.41) is 0. The zero-order chi connectivity index (χ0) is 22.6. The molecule has 1 N–H and O–H groups in total. The van der Waals surface area contributed by atoms with E-state index >= 15 is 0 Å². The molecule has 1 aliphatic rings. The van der Waals surface area contributed by atoms with Gasteiger partial charge in [0.25, 0.3) is 15.9 Å². The highest BCUT2D eigenvalue weighted by Gasteiger charge is 2.29. The van der Waals surface area contributed by atoms with Crippen LogP contribution in [0.2, 0.25) is 0 Å². The molecule has 1 unspecified atom stereocenters. The fraction of sp³-hybridized carbons (Fsp3) is 0.381. The lowest BCUT2D eigenvalue weighted by molar-refractivity contribution is 0.0618. The molecule has 1 atom stereocenters. The molecule has 0 spiro atoms. The molecule has 2 aromatic rings. The number of carbonyl (C=O) groups excluding carboxylic acids is 1. The minimum absolute atomic E-state index is 0.0209. The third kappa shape index (κ3) is 5.63. The zero-order valence-corrected chi connectivity index (χ0v) is 19.2. The average Bonchev–Trinajstić information content (AvgIpc) is 2.77. The molecule has 0 radical (unpaired) electrons. The molecule has 1 saturated heterocycles. The van der Waals surface area contributed by atoms with Crippen molar-refractivity contribution >= 4 is 31.6 Å². The summed E-state index contributed by atoms with van der Waals surface area (Å²) in [5.74, 6) is -0.306. The highest BCUT2D eigenvalue weighted by molar-refractivity contribution is 7.92. The van der Waals surface area contributed by atoms with E-state index in [1.807, 2.05) is 0 Å². The van der Waals surface area contributed by atoms with Gasteiger partial charge in [-0.15, -0.1) is 0 Å². The van der Waals surface area contributed by atoms with Crippen molar-refractivity contribution in [2.45, 2.75) is 30.2 Å². The molecule has 0 aliphatic carbocycles. The predicted molar refractivity (Wildman–Crippen MR) is 120 cm³/mol. The monoisotopic (exact) mass is 465 g/mol. The molecule has 1 heterocycles. The van der Waals surface area contributed by atoms with Crippen molar-refractivity contribution in [1.82, 2.24) is 9.62 Å². The van der Waals surface area contributed by atoms with Crippen molar-refractivity contribution in [3.8, 4) is 0 Å². The van der Waals surface area contributed by atoms with Crippen LogP contribution in [0.3, 0.4) is 0 Å². The lowest BCUT2D eigenvalue weighted by Gasteiger charge is -2.36. The maximum Gasteiger partial charge on any atom is 0.264 e. The second kappa shape index (κ2) is 9.37. The van der Waals surface area contributed by atoms with E-state index in [4.69, 9.17) is 0 Å². The largest absolute Gasteiger partial charge is 0.334 e. The van der Waals surface area contributed by atoms with E-state index in [9.17, 15) is 21.6 Å². The lowest BCUT2D eigenvalue weighted by Crippen LogP contribution is -2.49. The first kappa shape index (κ1) is 23.2. The second-order valence-corrected chi connectivity index (χ2v) is 11.4. The van der Waals surface area contributed by atoms with Gasteiger partial charge in [-0.25, -0.2) is 21.6 Å². The van der Waals surface area contributed by atoms with Crippen LogP contribution in [0, 0.1) is 0 Å². The maximum absolute atomic E-state index is 13.2. The number of likely N-dealkylation sites (tertiary alicyclic amines) is 1. The topological polar surface area (TPSA) is 104 Å². The summed E-state index contributed by atoms with van der Waals surface area (Å²) in [5.41, 5.74) is 0.774. The molecular formula is C21H27N3O5S2. The van der Waals surface area contributed by atoms with Gasteiger partial charge in [0.05, 0.1) is 16.8 Å². The van der Waals surface area contributed by atoms with Crippen molar-refractivity contribution < 1.29 is 21.6 Å². The Morgan fingerprint density at radius 3 is 2.45 bits per heavy atom. The van der Waals surface area contributed by atoms with Crippen molar-refractivity contribution in [2.24, 2.45) is 0 Å². The molecule has 0 bridgehead atoms. The molecule has 10 heteroatoms. The normalized spacial score (nSPS) is 17.4. The first-order valence-electron chi connectivity index (χ1n) is 9.99. The summed E-state index contributed by atoms with van der Waals surface area (Å²) in [7, 11) is -5.75. The molecule has 1 fully saturated rings. The molecule has 0 saturated carbocycles. The van der Waals surface area contributed by atoms with E-state index in [0.717, 1.165) is 19.1 Å². The van der Waals surface area contributed by atoms with Crippen LogP contribution >= 0.6 is 0 Å². The van der Waals surface area contributed by atoms with Gasteiger partial charge >= 0.3 is 0 Å². The summed E-state index contributed by atoms with van der Waals surface area (Å²) >= 11 is 0. The molecule has 8 nitrogen and oxygen atoms in total. The molecular weight excluding hydrogens is 438 g/mol. The minimum Gasteiger partial charge on any atom is -0.334 e. The van der Waals surface area contributed by atoms with Crippen molar-refractivity contribution in [3.63, 3.8) is 0 Å². The fourth-order valence-corrected chi connectivity index (χ4v) is 5.35. The molecule has 3 rings (SSSR count). The predicted octanol–water partition coefficient (Wildman–Crippen LogP) is 2.06. The van der Waals surface area contributed by atoms with Gasteiger partial charge in [-0.05, 0) is 49.6 Å². The summed E-state index contributed by atoms with van der Waals surface area (Å²) in [6, 6.07) is 14.4. The maximum atomic E-state index is 13.2. The van der Waals surface area contributed by atoms with E-state index in [-0.39, 0.29) is 29.0 Å². The number of amides is 1. The number of carbonyl (C=O) groups is 1. The number of piperidine rings is 1. The quantitative estimate of drug-likeness (QED) is 0.674. The average molecular weight is 466 g/mol. The summed E-state index contributed by atoms with van der Waals surface area (Å²) < 4.78 is 52.8. The van der Waals surface area contributed by atoms with Gasteiger partial charge in [0.2, 0.25) is 10.0 Å². The molecule has 1 aliphatic heterocycles. The standard InChI is InChI=1S/C21H27N3O5S2/c1-23(18-10-4-3-5-11-18)31(28,29)20-13-8-9-17(15-20)21(25)24-14-7-6-12-19(24)16-22-30(2,26)27/h3-5,8-11,13,15,19,22H,6-7,12,14,16H2,1-2H3. The molecule has 168 valence electrons. The Bertz CT molecular complexity index is 1130. The van der Waals surface area contributed by atoms with Crippen LogP contribution < -0.4 is 9.03 Å². The highest BCUT2D eigenvalue weighted by atomic mass is 32.2. The van der Waals surface area contributed by atoms with Crippen LogP contribution in [0.25, 0.3) is 0 Å². The fourth-order valence-electron chi connectivity index (χ4n) is 3.62. The Balaban J connectivity index is 1.85. The summed E-state index contributed by atoms with van der Waals surface area (Å²) in [4.78, 5) is 14.8. The van der Waals surface area contributed by atoms with E-state index in [0.29, 0.717) is 18.7 Å². The molecule has 2 aromatic carbocycles. The number of benzene rings is 2. The lowest BCUT2D eigenvalue weighted by atomic mass is 10.0. The Morgan fingerprint density at radius 2 is 1.77 bits per heavy atom. The first-order chi connectivity index (χ1) is 14.6. The third-order valence-electron chi connectivity index (χ3n) is 5.33. The van der Waals surface area contributed by atoms with E-state index in [1.165, 1.54) is 23.5 Å². The van der Waals surface area contributed by atoms with E-state index in [1.54, 1.807) is 47.4 Å². The van der Waals surface area contributed by atoms with Gasteiger partial charge in [-0.1, -0.05) is 24.3 Å². The van der Waals surface area contributed by atoms with Crippen LogP contribution in [0.1, 0.15) is 29.6 Å². The smallest absolute Gasteiger partial charge is 0.264 e. The highest BCUT2D eigenvalue weighted by Crippen LogP contribution is 2.24. The van der Waals surface area contributed by atoms with Gasteiger partial charge in [0.15, 0.2) is 0 Å². The zero-order valence-electron chi connectivity index (χ0n) is 17.6. The van der Waals surface area contributed by atoms with Crippen molar-refractivity contribution in [3.05, 3.63) is 60.2 Å². The van der Waals surface area contributed by atoms with Crippen LogP contribution in [-0.2, 0) is 20.0 Å². The van der Waals surface area contributed by atoms with Gasteiger partial charge in [-0.3, -0.25) is 9.10 Å².